The maximum atomic E-state index is 12.7. The predicted molar refractivity (Wildman–Crippen MR) is 242 cm³/mol. The van der Waals surface area contributed by atoms with Crippen LogP contribution in [0.25, 0.3) is 0 Å². The molecule has 2 atom stereocenters. The number of hydrogen-bond donors (Lipinski definition) is 1. The number of quaternary nitrogens is 1. The van der Waals surface area contributed by atoms with Crippen molar-refractivity contribution in [3.05, 3.63) is 72.9 Å². The van der Waals surface area contributed by atoms with Crippen LogP contribution in [0.2, 0.25) is 0 Å². The Kier molecular flexibility index (Phi) is 38.1. The number of ether oxygens (including phenoxy) is 2. The summed E-state index contributed by atoms with van der Waals surface area (Å²) in [5, 5.41) is 0. The molecule has 0 aromatic rings. The maximum Gasteiger partial charge on any atom is 0.472 e. The van der Waals surface area contributed by atoms with Crippen molar-refractivity contribution in [1.82, 2.24) is 0 Å². The van der Waals surface area contributed by atoms with Crippen LogP contribution in [-0.4, -0.2) is 74.9 Å². The van der Waals surface area contributed by atoms with Crippen molar-refractivity contribution in [3.63, 3.8) is 0 Å². The predicted octanol–water partition coefficient (Wildman–Crippen LogP) is 13.0. The van der Waals surface area contributed by atoms with Crippen LogP contribution in [0.3, 0.4) is 0 Å². The summed E-state index contributed by atoms with van der Waals surface area (Å²) in [5.74, 6) is -0.909. The molecule has 0 saturated carbocycles. The maximum absolute atomic E-state index is 12.7. The Morgan fingerprint density at radius 2 is 0.966 bits per heavy atom. The van der Waals surface area contributed by atoms with Gasteiger partial charge >= 0.3 is 19.8 Å². The number of carbonyl (C=O) groups is 2. The Hall–Kier alpha value is -2.55. The van der Waals surface area contributed by atoms with E-state index in [-0.39, 0.29) is 26.1 Å². The van der Waals surface area contributed by atoms with Crippen LogP contribution in [0, 0.1) is 0 Å². The van der Waals surface area contributed by atoms with Gasteiger partial charge in [-0.2, -0.15) is 0 Å². The second kappa shape index (κ2) is 39.9. The van der Waals surface area contributed by atoms with Crippen molar-refractivity contribution in [2.45, 2.75) is 174 Å². The Morgan fingerprint density at radius 1 is 0.534 bits per heavy atom. The zero-order valence-electron chi connectivity index (χ0n) is 37.5. The van der Waals surface area contributed by atoms with Gasteiger partial charge in [0.25, 0.3) is 0 Å². The van der Waals surface area contributed by atoms with Crippen molar-refractivity contribution < 1.29 is 42.1 Å². The van der Waals surface area contributed by atoms with Gasteiger partial charge in [-0.1, -0.05) is 151 Å². The van der Waals surface area contributed by atoms with E-state index in [4.69, 9.17) is 18.5 Å². The molecule has 0 aliphatic carbocycles. The molecule has 334 valence electrons. The quantitative estimate of drug-likeness (QED) is 0.0214. The van der Waals surface area contributed by atoms with Crippen LogP contribution < -0.4 is 0 Å². The van der Waals surface area contributed by atoms with E-state index in [0.29, 0.717) is 23.9 Å². The number of phosphoric ester groups is 1. The molecule has 0 saturated heterocycles. The molecule has 0 radical (unpaired) electrons. The number of carbonyl (C=O) groups excluding carboxylic acids is 2. The van der Waals surface area contributed by atoms with Gasteiger partial charge in [-0.3, -0.25) is 18.6 Å². The Labute approximate surface area is 355 Å². The molecule has 0 rings (SSSR count). The fourth-order valence-electron chi connectivity index (χ4n) is 5.64. The van der Waals surface area contributed by atoms with Gasteiger partial charge in [0, 0.05) is 12.8 Å². The van der Waals surface area contributed by atoms with Gasteiger partial charge in [0.05, 0.1) is 27.7 Å². The summed E-state index contributed by atoms with van der Waals surface area (Å²) in [4.78, 5) is 35.3. The molecule has 0 aliphatic rings. The van der Waals surface area contributed by atoms with Crippen LogP contribution in [0.15, 0.2) is 72.9 Å². The number of allylic oxidation sites excluding steroid dienone is 12. The average molecular weight is 835 g/mol. The minimum absolute atomic E-state index is 0.0140. The third-order valence-electron chi connectivity index (χ3n) is 9.22. The molecule has 0 aromatic heterocycles. The normalized spacial score (nSPS) is 14.2. The third kappa shape index (κ3) is 43.0. The summed E-state index contributed by atoms with van der Waals surface area (Å²) in [6.07, 6.45) is 49.6. The molecule has 0 aromatic carbocycles. The lowest BCUT2D eigenvalue weighted by Crippen LogP contribution is -2.37. The highest BCUT2D eigenvalue weighted by Gasteiger charge is 2.27. The van der Waals surface area contributed by atoms with E-state index in [9.17, 15) is 19.0 Å². The number of phosphoric acid groups is 1. The van der Waals surface area contributed by atoms with E-state index in [1.807, 2.05) is 33.3 Å². The van der Waals surface area contributed by atoms with Crippen LogP contribution in [0.4, 0.5) is 0 Å². The molecular formula is C48H85NO8P+. The molecule has 58 heavy (non-hydrogen) atoms. The minimum atomic E-state index is -4.40. The molecule has 10 heteroatoms. The fraction of sp³-hybridized carbons (Fsp3) is 0.708. The number of likely N-dealkylation sites (N-methyl/N-ethyl adjacent to an activating group) is 1. The second-order valence-corrected chi connectivity index (χ2v) is 17.5. The smallest absolute Gasteiger partial charge is 0.462 e. The average Bonchev–Trinajstić information content (AvgIpc) is 3.17. The Bertz CT molecular complexity index is 1220. The minimum Gasteiger partial charge on any atom is -0.462 e. The van der Waals surface area contributed by atoms with Crippen molar-refractivity contribution in [2.75, 3.05) is 47.5 Å². The first-order valence-electron chi connectivity index (χ1n) is 22.7. The summed E-state index contributed by atoms with van der Waals surface area (Å²) < 4.78 is 34.2. The Morgan fingerprint density at radius 3 is 1.50 bits per heavy atom. The zero-order valence-corrected chi connectivity index (χ0v) is 38.4. The molecule has 9 nitrogen and oxygen atoms in total. The van der Waals surface area contributed by atoms with Crippen LogP contribution >= 0.6 is 7.82 Å². The SMILES string of the molecule is CCCCC/C=C\C/C=C\C/C=C\C/C=C\C/C=C\CCC(=O)O[C@H](COC(=O)CCCCCCC/C=C\CCCCCCCC)COP(=O)(O)OCC[N+](C)(C)C. The topological polar surface area (TPSA) is 108 Å². The lowest BCUT2D eigenvalue weighted by molar-refractivity contribution is -0.870. The number of esters is 2. The second-order valence-electron chi connectivity index (χ2n) is 16.1. The highest BCUT2D eigenvalue weighted by atomic mass is 31.2. The van der Waals surface area contributed by atoms with E-state index >= 15 is 0 Å². The molecule has 0 bridgehead atoms. The standard InChI is InChI=1S/C48H84NO8P/c1-6-8-10-12-14-16-18-20-22-23-24-25-27-29-31-33-35-37-39-41-48(51)57-46(45-56-58(52,53)55-43-42-49(3,4)5)44-54-47(50)40-38-36-34-32-30-28-26-21-19-17-15-13-11-9-7-2/h14,16,20-22,24-26,29,31,35,37,46H,6-13,15,17-19,23,27-28,30,32-34,36,38-45H2,1-5H3/p+1/b16-14-,22-20-,25-24-,26-21-,31-29-,37-35-/t46-/m1/s1. The van der Waals surface area contributed by atoms with Gasteiger partial charge < -0.3 is 18.9 Å². The van der Waals surface area contributed by atoms with E-state index < -0.39 is 32.5 Å². The van der Waals surface area contributed by atoms with Gasteiger partial charge in [-0.15, -0.1) is 0 Å². The fourth-order valence-corrected chi connectivity index (χ4v) is 6.38. The summed E-state index contributed by atoms with van der Waals surface area (Å²) in [6.45, 7) is 4.28. The van der Waals surface area contributed by atoms with E-state index in [0.717, 1.165) is 57.8 Å². The van der Waals surface area contributed by atoms with Gasteiger partial charge in [-0.05, 0) is 77.0 Å². The highest BCUT2D eigenvalue weighted by molar-refractivity contribution is 7.47. The lowest BCUT2D eigenvalue weighted by Gasteiger charge is -2.24. The molecular weight excluding hydrogens is 750 g/mol. The van der Waals surface area contributed by atoms with Gasteiger partial charge in [-0.25, -0.2) is 4.57 Å². The molecule has 0 aliphatic heterocycles. The first-order chi connectivity index (χ1) is 28.0. The first-order valence-corrected chi connectivity index (χ1v) is 24.2. The van der Waals surface area contributed by atoms with Gasteiger partial charge in [0.2, 0.25) is 0 Å². The third-order valence-corrected chi connectivity index (χ3v) is 10.2. The number of rotatable bonds is 40. The Balaban J connectivity index is 4.50. The van der Waals surface area contributed by atoms with Crippen LogP contribution in [-0.2, 0) is 32.7 Å². The summed E-state index contributed by atoms with van der Waals surface area (Å²) in [6, 6.07) is 0. The van der Waals surface area contributed by atoms with Gasteiger partial charge in [0.15, 0.2) is 6.10 Å². The van der Waals surface area contributed by atoms with E-state index in [2.05, 4.69) is 74.6 Å². The number of hydrogen-bond acceptors (Lipinski definition) is 7. The molecule has 0 heterocycles. The summed E-state index contributed by atoms with van der Waals surface area (Å²) >= 11 is 0. The van der Waals surface area contributed by atoms with Crippen molar-refractivity contribution in [1.29, 1.82) is 0 Å². The first kappa shape index (κ1) is 55.5. The zero-order chi connectivity index (χ0) is 42.8. The molecule has 0 amide bonds. The van der Waals surface area contributed by atoms with Crippen molar-refractivity contribution >= 4 is 19.8 Å². The molecule has 1 N–H and O–H groups in total. The van der Waals surface area contributed by atoms with Crippen LogP contribution in [0.1, 0.15) is 168 Å². The molecule has 0 fully saturated rings. The van der Waals surface area contributed by atoms with Crippen molar-refractivity contribution in [3.8, 4) is 0 Å². The monoisotopic (exact) mass is 835 g/mol. The summed E-state index contributed by atoms with van der Waals surface area (Å²) in [5.41, 5.74) is 0. The van der Waals surface area contributed by atoms with Crippen molar-refractivity contribution in [2.24, 2.45) is 0 Å². The van der Waals surface area contributed by atoms with Gasteiger partial charge in [0.1, 0.15) is 19.8 Å². The largest absolute Gasteiger partial charge is 0.472 e. The van der Waals surface area contributed by atoms with E-state index in [1.165, 1.54) is 70.6 Å². The number of nitrogens with zero attached hydrogens (tertiary/aromatic N) is 1. The molecule has 1 unspecified atom stereocenters. The van der Waals surface area contributed by atoms with Crippen LogP contribution in [0.5, 0.6) is 0 Å². The highest BCUT2D eigenvalue weighted by Crippen LogP contribution is 2.43. The molecule has 0 spiro atoms. The number of unbranched alkanes of at least 4 members (excludes halogenated alkanes) is 14. The van der Waals surface area contributed by atoms with E-state index in [1.54, 1.807) is 0 Å². The lowest BCUT2D eigenvalue weighted by atomic mass is 10.1. The summed E-state index contributed by atoms with van der Waals surface area (Å²) in [7, 11) is 1.42.